The SMILES string of the molecule is COc1cc(CN2CCC[C@H](Nc3ccc4c(c3)OCCO4)C2)c(Cl)cc1O. The maximum absolute atomic E-state index is 9.86. The number of phenolic OH excluding ortho intramolecular Hbond substituents is 1. The molecule has 4 rings (SSSR count). The molecule has 2 aromatic rings. The minimum atomic E-state index is 0.0630. The van der Waals surface area contributed by atoms with Gasteiger partial charge in [-0.15, -0.1) is 0 Å². The number of nitrogens with zero attached hydrogens (tertiary/aromatic N) is 1. The standard InChI is InChI=1S/C21H25ClN2O4/c1-26-20-9-14(17(22)11-18(20)25)12-24-6-2-3-16(13-24)23-15-4-5-19-21(10-15)28-8-7-27-19/h4-5,9-11,16,23,25H,2-3,6-8,12-13H2,1H3/t16-/m0/s1. The highest BCUT2D eigenvalue weighted by Gasteiger charge is 2.22. The molecule has 0 amide bonds. The number of hydrogen-bond acceptors (Lipinski definition) is 6. The molecule has 1 fully saturated rings. The van der Waals surface area contributed by atoms with Crippen molar-refractivity contribution in [3.05, 3.63) is 40.9 Å². The van der Waals surface area contributed by atoms with E-state index in [2.05, 4.69) is 10.2 Å². The van der Waals surface area contributed by atoms with Crippen molar-refractivity contribution in [1.82, 2.24) is 4.90 Å². The van der Waals surface area contributed by atoms with E-state index in [1.807, 2.05) is 24.3 Å². The molecule has 0 aliphatic carbocycles. The summed E-state index contributed by atoms with van der Waals surface area (Å²) in [7, 11) is 1.54. The van der Waals surface area contributed by atoms with Crippen LogP contribution in [0.15, 0.2) is 30.3 Å². The summed E-state index contributed by atoms with van der Waals surface area (Å²) in [5.41, 5.74) is 2.00. The van der Waals surface area contributed by atoms with Gasteiger partial charge in [-0.1, -0.05) is 11.6 Å². The molecule has 7 heteroatoms. The van der Waals surface area contributed by atoms with Gasteiger partial charge in [0.2, 0.25) is 0 Å². The molecule has 1 atom stereocenters. The molecule has 2 aliphatic heterocycles. The Morgan fingerprint density at radius 1 is 1.21 bits per heavy atom. The van der Waals surface area contributed by atoms with Crippen molar-refractivity contribution in [3.63, 3.8) is 0 Å². The molecule has 6 nitrogen and oxygen atoms in total. The summed E-state index contributed by atoms with van der Waals surface area (Å²) in [6.45, 7) is 3.83. The second kappa shape index (κ2) is 8.37. The highest BCUT2D eigenvalue weighted by molar-refractivity contribution is 6.31. The van der Waals surface area contributed by atoms with Crippen LogP contribution in [-0.4, -0.2) is 49.5 Å². The van der Waals surface area contributed by atoms with E-state index in [4.69, 9.17) is 25.8 Å². The minimum Gasteiger partial charge on any atom is -0.504 e. The highest BCUT2D eigenvalue weighted by Crippen LogP contribution is 2.34. The van der Waals surface area contributed by atoms with Gasteiger partial charge in [0.25, 0.3) is 0 Å². The smallest absolute Gasteiger partial charge is 0.163 e. The Hall–Kier alpha value is -2.31. The van der Waals surface area contributed by atoms with Crippen molar-refractivity contribution < 1.29 is 19.3 Å². The van der Waals surface area contributed by atoms with Crippen LogP contribution in [0.5, 0.6) is 23.0 Å². The molecule has 0 unspecified atom stereocenters. The fourth-order valence-electron chi connectivity index (χ4n) is 3.80. The average molecular weight is 405 g/mol. The Kier molecular flexibility index (Phi) is 5.69. The number of benzene rings is 2. The van der Waals surface area contributed by atoms with Crippen LogP contribution in [0.2, 0.25) is 5.02 Å². The van der Waals surface area contributed by atoms with Crippen molar-refractivity contribution in [2.75, 3.05) is 38.7 Å². The number of nitrogens with one attached hydrogen (secondary N) is 1. The molecule has 28 heavy (non-hydrogen) atoms. The zero-order valence-corrected chi connectivity index (χ0v) is 16.7. The van der Waals surface area contributed by atoms with Crippen LogP contribution in [0.4, 0.5) is 5.69 Å². The molecule has 2 N–H and O–H groups in total. The lowest BCUT2D eigenvalue weighted by atomic mass is 10.0. The number of piperidine rings is 1. The summed E-state index contributed by atoms with van der Waals surface area (Å²) in [4.78, 5) is 2.37. The minimum absolute atomic E-state index is 0.0630. The summed E-state index contributed by atoms with van der Waals surface area (Å²) >= 11 is 6.33. The number of methoxy groups -OCH3 is 1. The van der Waals surface area contributed by atoms with Gasteiger partial charge in [0.15, 0.2) is 23.0 Å². The van der Waals surface area contributed by atoms with Gasteiger partial charge in [-0.3, -0.25) is 4.90 Å². The number of phenols is 1. The van der Waals surface area contributed by atoms with Gasteiger partial charge < -0.3 is 24.6 Å². The van der Waals surface area contributed by atoms with Crippen LogP contribution in [0.25, 0.3) is 0 Å². The molecule has 2 heterocycles. The van der Waals surface area contributed by atoms with Crippen molar-refractivity contribution in [1.29, 1.82) is 0 Å². The largest absolute Gasteiger partial charge is 0.504 e. The first-order valence-corrected chi connectivity index (χ1v) is 9.94. The first-order valence-electron chi connectivity index (χ1n) is 9.56. The molecule has 1 saturated heterocycles. The van der Waals surface area contributed by atoms with E-state index in [1.54, 1.807) is 13.2 Å². The van der Waals surface area contributed by atoms with E-state index in [1.165, 1.54) is 0 Å². The molecule has 0 aromatic heterocycles. The number of halogens is 1. The Bertz CT molecular complexity index is 845. The van der Waals surface area contributed by atoms with Crippen molar-refractivity contribution in [2.45, 2.75) is 25.4 Å². The van der Waals surface area contributed by atoms with Gasteiger partial charge in [0, 0.05) is 42.0 Å². The quantitative estimate of drug-likeness (QED) is 0.788. The predicted octanol–water partition coefficient (Wildman–Crippen LogP) is 3.90. The Morgan fingerprint density at radius 2 is 2.04 bits per heavy atom. The fraction of sp³-hybridized carbons (Fsp3) is 0.429. The number of anilines is 1. The average Bonchev–Trinajstić information content (AvgIpc) is 2.70. The van der Waals surface area contributed by atoms with E-state index in [9.17, 15) is 5.11 Å². The summed E-state index contributed by atoms with van der Waals surface area (Å²) in [6.07, 6.45) is 2.21. The fourth-order valence-corrected chi connectivity index (χ4v) is 4.01. The van der Waals surface area contributed by atoms with Gasteiger partial charge in [-0.25, -0.2) is 0 Å². The Morgan fingerprint density at radius 3 is 2.86 bits per heavy atom. The lowest BCUT2D eigenvalue weighted by molar-refractivity contribution is 0.171. The maximum atomic E-state index is 9.86. The van der Waals surface area contributed by atoms with Crippen LogP contribution in [0.1, 0.15) is 18.4 Å². The van der Waals surface area contributed by atoms with Crippen LogP contribution >= 0.6 is 11.6 Å². The molecule has 0 saturated carbocycles. The summed E-state index contributed by atoms with van der Waals surface area (Å²) in [6, 6.07) is 9.71. The van der Waals surface area contributed by atoms with Gasteiger partial charge in [-0.2, -0.15) is 0 Å². The third-order valence-electron chi connectivity index (χ3n) is 5.16. The monoisotopic (exact) mass is 404 g/mol. The third kappa shape index (κ3) is 4.23. The number of hydrogen-bond donors (Lipinski definition) is 2. The predicted molar refractivity (Wildman–Crippen MR) is 109 cm³/mol. The molecule has 0 radical (unpaired) electrons. The van der Waals surface area contributed by atoms with Gasteiger partial charge >= 0.3 is 0 Å². The maximum Gasteiger partial charge on any atom is 0.163 e. The van der Waals surface area contributed by atoms with Gasteiger partial charge in [-0.05, 0) is 43.1 Å². The number of likely N-dealkylation sites (tertiary alicyclic amines) is 1. The highest BCUT2D eigenvalue weighted by atomic mass is 35.5. The molecule has 0 bridgehead atoms. The number of fused-ring (bicyclic) bond motifs is 1. The Labute approximate surface area is 170 Å². The number of aromatic hydroxyl groups is 1. The topological polar surface area (TPSA) is 63.2 Å². The molecule has 0 spiro atoms. The first-order chi connectivity index (χ1) is 13.6. The van der Waals surface area contributed by atoms with Crippen LogP contribution in [0, 0.1) is 0 Å². The van der Waals surface area contributed by atoms with E-state index in [0.29, 0.717) is 30.0 Å². The van der Waals surface area contributed by atoms with E-state index in [0.717, 1.165) is 55.2 Å². The van der Waals surface area contributed by atoms with Crippen molar-refractivity contribution in [2.24, 2.45) is 0 Å². The molecule has 2 aromatic carbocycles. The van der Waals surface area contributed by atoms with E-state index >= 15 is 0 Å². The van der Waals surface area contributed by atoms with Crippen molar-refractivity contribution >= 4 is 17.3 Å². The van der Waals surface area contributed by atoms with E-state index < -0.39 is 0 Å². The molecular weight excluding hydrogens is 380 g/mol. The van der Waals surface area contributed by atoms with Crippen molar-refractivity contribution in [3.8, 4) is 23.0 Å². The lowest BCUT2D eigenvalue weighted by Crippen LogP contribution is -2.41. The molecule has 2 aliphatic rings. The van der Waals surface area contributed by atoms with Crippen LogP contribution in [0.3, 0.4) is 0 Å². The first kappa shape index (κ1) is 19.0. The Balaban J connectivity index is 1.41. The molecule has 150 valence electrons. The van der Waals surface area contributed by atoms with Crippen LogP contribution < -0.4 is 19.5 Å². The summed E-state index contributed by atoms with van der Waals surface area (Å²) < 4.78 is 16.5. The zero-order chi connectivity index (χ0) is 19.5. The number of rotatable bonds is 5. The summed E-state index contributed by atoms with van der Waals surface area (Å²) in [5, 5.41) is 14.0. The normalized spacial score (nSPS) is 19.3. The second-order valence-corrected chi connectivity index (χ2v) is 7.60. The van der Waals surface area contributed by atoms with Gasteiger partial charge in [0.1, 0.15) is 13.2 Å². The third-order valence-corrected chi connectivity index (χ3v) is 5.51. The summed E-state index contributed by atoms with van der Waals surface area (Å²) in [5.74, 6) is 2.11. The lowest BCUT2D eigenvalue weighted by Gasteiger charge is -2.34. The molecular formula is C21H25ClN2O4. The van der Waals surface area contributed by atoms with Gasteiger partial charge in [0.05, 0.1) is 7.11 Å². The zero-order valence-electron chi connectivity index (χ0n) is 15.9. The number of ether oxygens (including phenoxy) is 3. The second-order valence-electron chi connectivity index (χ2n) is 7.19. The van der Waals surface area contributed by atoms with Crippen LogP contribution in [-0.2, 0) is 6.54 Å². The van der Waals surface area contributed by atoms with E-state index in [-0.39, 0.29) is 5.75 Å².